The molecule has 2 aromatic rings. The van der Waals surface area contributed by atoms with Crippen molar-refractivity contribution in [3.05, 3.63) is 65.7 Å². The summed E-state index contributed by atoms with van der Waals surface area (Å²) in [6, 6.07) is 13.9. The molecule has 0 bridgehead atoms. The molecule has 7 heteroatoms. The van der Waals surface area contributed by atoms with E-state index in [1.165, 1.54) is 24.3 Å². The molecule has 0 saturated heterocycles. The predicted molar refractivity (Wildman–Crippen MR) is 81.2 cm³/mol. The highest BCUT2D eigenvalue weighted by atomic mass is 19.3. The number of hydrogen-bond donors (Lipinski definition) is 1. The Hall–Kier alpha value is -2.96. The van der Waals surface area contributed by atoms with E-state index in [0.717, 1.165) is 0 Å². The van der Waals surface area contributed by atoms with Gasteiger partial charge in [-0.2, -0.15) is 8.78 Å². The van der Waals surface area contributed by atoms with Crippen LogP contribution in [-0.4, -0.2) is 18.5 Å². The normalized spacial score (nSPS) is 11.8. The van der Waals surface area contributed by atoms with Crippen LogP contribution in [0.3, 0.4) is 0 Å². The molecule has 0 heterocycles. The van der Waals surface area contributed by atoms with Crippen LogP contribution in [0.15, 0.2) is 54.6 Å². The topological polar surface area (TPSA) is 78.6 Å². The molecule has 5 nitrogen and oxygen atoms in total. The lowest BCUT2D eigenvalue weighted by Crippen LogP contribution is -2.26. The predicted octanol–water partition coefficient (Wildman–Crippen LogP) is 2.60. The van der Waals surface area contributed by atoms with Gasteiger partial charge in [-0.1, -0.05) is 42.5 Å². The van der Waals surface area contributed by atoms with Crippen molar-refractivity contribution in [3.63, 3.8) is 0 Å². The first-order valence-corrected chi connectivity index (χ1v) is 7.03. The monoisotopic (exact) mass is 335 g/mol. The van der Waals surface area contributed by atoms with E-state index >= 15 is 0 Å². The van der Waals surface area contributed by atoms with Crippen LogP contribution in [0.5, 0.6) is 5.75 Å². The minimum absolute atomic E-state index is 0.0126. The van der Waals surface area contributed by atoms with Gasteiger partial charge in [-0.15, -0.1) is 0 Å². The minimum Gasteiger partial charge on any atom is -0.447 e. The van der Waals surface area contributed by atoms with Gasteiger partial charge < -0.3 is 15.2 Å². The number of halogens is 2. The van der Waals surface area contributed by atoms with E-state index in [2.05, 4.69) is 4.74 Å². The van der Waals surface area contributed by atoms with Gasteiger partial charge in [0.1, 0.15) is 5.75 Å². The number of amides is 1. The summed E-state index contributed by atoms with van der Waals surface area (Å²) in [5.41, 5.74) is 6.27. The molecule has 0 radical (unpaired) electrons. The van der Waals surface area contributed by atoms with Crippen molar-refractivity contribution in [3.8, 4) is 5.75 Å². The summed E-state index contributed by atoms with van der Waals surface area (Å²) in [5, 5.41) is 0. The SMILES string of the molecule is NC(=O)[C@H](OC(=O)Cc1ccc(OC(F)F)cc1)c1ccccc1. The van der Waals surface area contributed by atoms with Crippen molar-refractivity contribution in [2.75, 3.05) is 0 Å². The van der Waals surface area contributed by atoms with Gasteiger partial charge in [0.25, 0.3) is 5.91 Å². The molecule has 0 spiro atoms. The Bertz CT molecular complexity index is 689. The van der Waals surface area contributed by atoms with Crippen LogP contribution < -0.4 is 10.5 Å². The van der Waals surface area contributed by atoms with E-state index in [1.807, 2.05) is 0 Å². The summed E-state index contributed by atoms with van der Waals surface area (Å²) in [5.74, 6) is -1.46. The Labute approximate surface area is 137 Å². The first kappa shape index (κ1) is 17.4. The van der Waals surface area contributed by atoms with E-state index in [0.29, 0.717) is 11.1 Å². The van der Waals surface area contributed by atoms with Gasteiger partial charge in [-0.25, -0.2) is 0 Å². The van der Waals surface area contributed by atoms with Crippen LogP contribution in [0.2, 0.25) is 0 Å². The molecule has 2 aromatic carbocycles. The average Bonchev–Trinajstić information content (AvgIpc) is 2.54. The molecule has 2 rings (SSSR count). The second-order valence-corrected chi connectivity index (χ2v) is 4.88. The maximum atomic E-state index is 12.1. The Morgan fingerprint density at radius 2 is 1.62 bits per heavy atom. The number of alkyl halides is 2. The number of nitrogens with two attached hydrogens (primary N) is 1. The number of carbonyl (C=O) groups is 2. The van der Waals surface area contributed by atoms with Crippen molar-refractivity contribution >= 4 is 11.9 Å². The fraction of sp³-hybridized carbons (Fsp3) is 0.176. The highest BCUT2D eigenvalue weighted by Crippen LogP contribution is 2.19. The smallest absolute Gasteiger partial charge is 0.387 e. The first-order chi connectivity index (χ1) is 11.5. The number of hydrogen-bond acceptors (Lipinski definition) is 4. The molecule has 126 valence electrons. The molecular formula is C17H15F2NO4. The maximum Gasteiger partial charge on any atom is 0.387 e. The number of ether oxygens (including phenoxy) is 2. The zero-order chi connectivity index (χ0) is 17.5. The van der Waals surface area contributed by atoms with Crippen LogP contribution >= 0.6 is 0 Å². The van der Waals surface area contributed by atoms with E-state index in [9.17, 15) is 18.4 Å². The molecule has 24 heavy (non-hydrogen) atoms. The van der Waals surface area contributed by atoms with E-state index in [-0.39, 0.29) is 12.2 Å². The lowest BCUT2D eigenvalue weighted by molar-refractivity contribution is -0.154. The Morgan fingerprint density at radius 3 is 2.17 bits per heavy atom. The minimum atomic E-state index is -2.91. The van der Waals surface area contributed by atoms with Crippen molar-refractivity contribution in [1.82, 2.24) is 0 Å². The van der Waals surface area contributed by atoms with Crippen LogP contribution in [-0.2, 0) is 20.7 Å². The molecule has 1 amide bonds. The lowest BCUT2D eigenvalue weighted by Gasteiger charge is -2.15. The van der Waals surface area contributed by atoms with Gasteiger partial charge in [0.2, 0.25) is 6.10 Å². The zero-order valence-electron chi connectivity index (χ0n) is 12.5. The molecule has 1 atom stereocenters. The lowest BCUT2D eigenvalue weighted by atomic mass is 10.1. The van der Waals surface area contributed by atoms with Gasteiger partial charge >= 0.3 is 12.6 Å². The molecule has 0 aliphatic rings. The first-order valence-electron chi connectivity index (χ1n) is 7.03. The van der Waals surface area contributed by atoms with Gasteiger partial charge in [-0.05, 0) is 17.7 Å². The molecule has 0 unspecified atom stereocenters. The molecular weight excluding hydrogens is 320 g/mol. The van der Waals surface area contributed by atoms with E-state index in [4.69, 9.17) is 10.5 Å². The van der Waals surface area contributed by atoms with Crippen molar-refractivity contribution in [2.45, 2.75) is 19.1 Å². The van der Waals surface area contributed by atoms with Gasteiger partial charge in [-0.3, -0.25) is 9.59 Å². The van der Waals surface area contributed by atoms with Crippen LogP contribution in [0.1, 0.15) is 17.2 Å². The summed E-state index contributed by atoms with van der Waals surface area (Å²) in [6.45, 7) is -2.91. The van der Waals surface area contributed by atoms with E-state index < -0.39 is 24.6 Å². The largest absolute Gasteiger partial charge is 0.447 e. The van der Waals surface area contributed by atoms with Crippen LogP contribution in [0, 0.1) is 0 Å². The summed E-state index contributed by atoms with van der Waals surface area (Å²) < 4.78 is 33.5. The van der Waals surface area contributed by atoms with Crippen molar-refractivity contribution < 1.29 is 27.8 Å². The second-order valence-electron chi connectivity index (χ2n) is 4.88. The number of primary amides is 1. The Morgan fingerprint density at radius 1 is 1.00 bits per heavy atom. The molecule has 0 aromatic heterocycles. The fourth-order valence-electron chi connectivity index (χ4n) is 2.05. The summed E-state index contributed by atoms with van der Waals surface area (Å²) >= 11 is 0. The molecule has 2 N–H and O–H groups in total. The number of carbonyl (C=O) groups excluding carboxylic acids is 2. The summed E-state index contributed by atoms with van der Waals surface area (Å²) in [4.78, 5) is 23.5. The maximum absolute atomic E-state index is 12.1. The quantitative estimate of drug-likeness (QED) is 0.789. The van der Waals surface area contributed by atoms with Crippen LogP contribution in [0.4, 0.5) is 8.78 Å². The zero-order valence-corrected chi connectivity index (χ0v) is 12.5. The van der Waals surface area contributed by atoms with Crippen molar-refractivity contribution in [2.24, 2.45) is 5.73 Å². The van der Waals surface area contributed by atoms with Crippen LogP contribution in [0.25, 0.3) is 0 Å². The third-order valence-electron chi connectivity index (χ3n) is 3.11. The summed E-state index contributed by atoms with van der Waals surface area (Å²) in [7, 11) is 0. The third-order valence-corrected chi connectivity index (χ3v) is 3.11. The molecule has 0 fully saturated rings. The fourth-order valence-corrected chi connectivity index (χ4v) is 2.05. The molecule has 0 aliphatic carbocycles. The van der Waals surface area contributed by atoms with Gasteiger partial charge in [0.05, 0.1) is 6.42 Å². The number of esters is 1. The summed E-state index contributed by atoms with van der Waals surface area (Å²) in [6.07, 6.45) is -1.31. The highest BCUT2D eigenvalue weighted by Gasteiger charge is 2.22. The van der Waals surface area contributed by atoms with E-state index in [1.54, 1.807) is 30.3 Å². The molecule has 0 aliphatic heterocycles. The second kappa shape index (κ2) is 8.05. The average molecular weight is 335 g/mol. The Kier molecular flexibility index (Phi) is 5.83. The Balaban J connectivity index is 1.99. The van der Waals surface area contributed by atoms with Gasteiger partial charge in [0, 0.05) is 5.56 Å². The van der Waals surface area contributed by atoms with Gasteiger partial charge in [0.15, 0.2) is 0 Å². The number of benzene rings is 2. The standard InChI is InChI=1S/C17H15F2NO4/c18-17(19)23-13-8-6-11(7-9-13)10-14(21)24-15(16(20)22)12-4-2-1-3-5-12/h1-9,15,17H,10H2,(H2,20,22)/t15-/m1/s1. The molecule has 0 saturated carbocycles. The third kappa shape index (κ3) is 5.05. The highest BCUT2D eigenvalue weighted by molar-refractivity contribution is 5.84. The van der Waals surface area contributed by atoms with Crippen molar-refractivity contribution in [1.29, 1.82) is 0 Å². The number of rotatable bonds is 7.